The Morgan fingerprint density at radius 3 is 2.83 bits per heavy atom. The second-order valence-corrected chi connectivity index (χ2v) is 4.73. The summed E-state index contributed by atoms with van der Waals surface area (Å²) in [5.41, 5.74) is 10.2. The summed E-state index contributed by atoms with van der Waals surface area (Å²) < 4.78 is 0. The molecule has 0 spiro atoms. The molecule has 1 aliphatic rings. The van der Waals surface area contributed by atoms with Gasteiger partial charge in [-0.1, -0.05) is 6.07 Å². The van der Waals surface area contributed by atoms with Gasteiger partial charge in [0.05, 0.1) is 0 Å². The lowest BCUT2D eigenvalue weighted by Gasteiger charge is -2.17. The molecule has 18 heavy (non-hydrogen) atoms. The number of fused-ring (bicyclic) bond motifs is 1. The zero-order chi connectivity index (χ0) is 12.5. The predicted molar refractivity (Wildman–Crippen MR) is 71.1 cm³/mol. The van der Waals surface area contributed by atoms with E-state index < -0.39 is 0 Å². The molecule has 0 radical (unpaired) electrons. The van der Waals surface area contributed by atoms with Gasteiger partial charge in [0.25, 0.3) is 0 Å². The van der Waals surface area contributed by atoms with Crippen molar-refractivity contribution in [1.82, 2.24) is 15.0 Å². The molecule has 0 aliphatic heterocycles. The third-order valence-corrected chi connectivity index (χ3v) is 3.44. The lowest BCUT2D eigenvalue weighted by Crippen LogP contribution is -2.12. The monoisotopic (exact) mass is 240 g/mol. The standard InChI is InChI=1S/C14H16N4/c1-9-5-4-8-16-12(9)14-17-11-7-3-2-6-10(11)13(15)18-14/h4-5,8H,2-3,6-7H2,1H3,(H2,15,17,18). The van der Waals surface area contributed by atoms with E-state index in [0.717, 1.165) is 35.4 Å². The number of aromatic nitrogens is 3. The van der Waals surface area contributed by atoms with E-state index in [1.807, 2.05) is 19.1 Å². The highest BCUT2D eigenvalue weighted by atomic mass is 15.0. The van der Waals surface area contributed by atoms with Crippen LogP contribution in [-0.4, -0.2) is 15.0 Å². The maximum Gasteiger partial charge on any atom is 0.180 e. The first kappa shape index (κ1) is 11.1. The molecule has 0 saturated heterocycles. The van der Waals surface area contributed by atoms with Crippen LogP contribution in [0.15, 0.2) is 18.3 Å². The summed E-state index contributed by atoms with van der Waals surface area (Å²) in [5.74, 6) is 1.28. The summed E-state index contributed by atoms with van der Waals surface area (Å²) in [5, 5.41) is 0. The van der Waals surface area contributed by atoms with Crippen LogP contribution in [0, 0.1) is 6.92 Å². The molecule has 0 aromatic carbocycles. The SMILES string of the molecule is Cc1cccnc1-c1nc(N)c2c(n1)CCCC2. The lowest BCUT2D eigenvalue weighted by molar-refractivity contribution is 0.665. The molecular formula is C14H16N4. The molecule has 0 atom stereocenters. The molecule has 3 rings (SSSR count). The zero-order valence-electron chi connectivity index (χ0n) is 10.5. The van der Waals surface area contributed by atoms with Crippen molar-refractivity contribution in [2.24, 2.45) is 0 Å². The molecule has 2 heterocycles. The van der Waals surface area contributed by atoms with Gasteiger partial charge in [0.15, 0.2) is 5.82 Å². The van der Waals surface area contributed by atoms with Gasteiger partial charge >= 0.3 is 0 Å². The molecule has 2 aromatic rings. The molecule has 4 heteroatoms. The number of nitrogen functional groups attached to an aromatic ring is 1. The fourth-order valence-corrected chi connectivity index (χ4v) is 2.45. The molecule has 2 aromatic heterocycles. The molecule has 1 aliphatic carbocycles. The van der Waals surface area contributed by atoms with Crippen LogP contribution < -0.4 is 5.73 Å². The van der Waals surface area contributed by atoms with Gasteiger partial charge in [0, 0.05) is 17.5 Å². The Morgan fingerprint density at radius 1 is 1.17 bits per heavy atom. The van der Waals surface area contributed by atoms with Crippen molar-refractivity contribution in [3.8, 4) is 11.5 Å². The third kappa shape index (κ3) is 1.83. The first-order valence-electron chi connectivity index (χ1n) is 6.33. The number of nitrogens with two attached hydrogens (primary N) is 1. The molecule has 2 N–H and O–H groups in total. The summed E-state index contributed by atoms with van der Waals surface area (Å²) in [6.07, 6.45) is 6.14. The number of hydrogen-bond donors (Lipinski definition) is 1. The van der Waals surface area contributed by atoms with Crippen molar-refractivity contribution in [2.45, 2.75) is 32.6 Å². The lowest BCUT2D eigenvalue weighted by atomic mass is 9.96. The van der Waals surface area contributed by atoms with Gasteiger partial charge in [-0.25, -0.2) is 9.97 Å². The van der Waals surface area contributed by atoms with Gasteiger partial charge in [-0.05, 0) is 44.2 Å². The molecule has 0 bridgehead atoms. The largest absolute Gasteiger partial charge is 0.383 e. The highest BCUT2D eigenvalue weighted by molar-refractivity contribution is 5.58. The van der Waals surface area contributed by atoms with Gasteiger partial charge in [0.2, 0.25) is 0 Å². The van der Waals surface area contributed by atoms with E-state index in [1.165, 1.54) is 12.8 Å². The van der Waals surface area contributed by atoms with Crippen LogP contribution in [0.4, 0.5) is 5.82 Å². The summed E-state index contributed by atoms with van der Waals surface area (Å²) in [4.78, 5) is 13.4. The molecule has 92 valence electrons. The Labute approximate surface area is 106 Å². The van der Waals surface area contributed by atoms with E-state index in [1.54, 1.807) is 6.20 Å². The van der Waals surface area contributed by atoms with Crippen molar-refractivity contribution in [2.75, 3.05) is 5.73 Å². The summed E-state index contributed by atoms with van der Waals surface area (Å²) >= 11 is 0. The van der Waals surface area contributed by atoms with Gasteiger partial charge in [-0.2, -0.15) is 0 Å². The number of pyridine rings is 1. The minimum absolute atomic E-state index is 0.625. The van der Waals surface area contributed by atoms with E-state index in [9.17, 15) is 0 Å². The van der Waals surface area contributed by atoms with Crippen molar-refractivity contribution in [3.63, 3.8) is 0 Å². The van der Waals surface area contributed by atoms with Crippen molar-refractivity contribution in [1.29, 1.82) is 0 Å². The fourth-order valence-electron chi connectivity index (χ4n) is 2.45. The Balaban J connectivity index is 2.14. The molecular weight excluding hydrogens is 224 g/mol. The second-order valence-electron chi connectivity index (χ2n) is 4.73. The maximum absolute atomic E-state index is 6.05. The van der Waals surface area contributed by atoms with Crippen LogP contribution in [0.25, 0.3) is 11.5 Å². The Hall–Kier alpha value is -1.97. The third-order valence-electron chi connectivity index (χ3n) is 3.44. The van der Waals surface area contributed by atoms with E-state index in [4.69, 9.17) is 5.73 Å². The number of aryl methyl sites for hydroxylation is 2. The number of rotatable bonds is 1. The molecule has 0 saturated carbocycles. The van der Waals surface area contributed by atoms with Crippen molar-refractivity contribution >= 4 is 5.82 Å². The van der Waals surface area contributed by atoms with Gasteiger partial charge in [-0.3, -0.25) is 4.98 Å². The van der Waals surface area contributed by atoms with Crippen LogP contribution in [-0.2, 0) is 12.8 Å². The summed E-state index contributed by atoms with van der Waals surface area (Å²) in [7, 11) is 0. The van der Waals surface area contributed by atoms with E-state index in [0.29, 0.717) is 11.6 Å². The Bertz CT molecular complexity index is 592. The smallest absolute Gasteiger partial charge is 0.180 e. The number of hydrogen-bond acceptors (Lipinski definition) is 4. The second kappa shape index (κ2) is 4.37. The van der Waals surface area contributed by atoms with Crippen LogP contribution >= 0.6 is 0 Å². The first-order chi connectivity index (χ1) is 8.75. The quantitative estimate of drug-likeness (QED) is 0.830. The topological polar surface area (TPSA) is 64.7 Å². The Morgan fingerprint density at radius 2 is 2.00 bits per heavy atom. The minimum Gasteiger partial charge on any atom is -0.383 e. The zero-order valence-corrected chi connectivity index (χ0v) is 10.5. The predicted octanol–water partition coefficient (Wildman–Crippen LogP) is 2.31. The van der Waals surface area contributed by atoms with Gasteiger partial charge in [-0.15, -0.1) is 0 Å². The van der Waals surface area contributed by atoms with E-state index in [2.05, 4.69) is 15.0 Å². The molecule has 0 amide bonds. The van der Waals surface area contributed by atoms with E-state index >= 15 is 0 Å². The van der Waals surface area contributed by atoms with Gasteiger partial charge in [0.1, 0.15) is 11.5 Å². The van der Waals surface area contributed by atoms with Crippen LogP contribution in [0.3, 0.4) is 0 Å². The van der Waals surface area contributed by atoms with Crippen molar-refractivity contribution in [3.05, 3.63) is 35.2 Å². The molecule has 4 nitrogen and oxygen atoms in total. The van der Waals surface area contributed by atoms with Crippen molar-refractivity contribution < 1.29 is 0 Å². The van der Waals surface area contributed by atoms with Crippen LogP contribution in [0.2, 0.25) is 0 Å². The minimum atomic E-state index is 0.625. The number of nitrogens with zero attached hydrogens (tertiary/aromatic N) is 3. The fraction of sp³-hybridized carbons (Fsp3) is 0.357. The molecule has 0 fully saturated rings. The highest BCUT2D eigenvalue weighted by Crippen LogP contribution is 2.26. The van der Waals surface area contributed by atoms with Gasteiger partial charge < -0.3 is 5.73 Å². The molecule has 0 unspecified atom stereocenters. The average molecular weight is 240 g/mol. The maximum atomic E-state index is 6.05. The number of anilines is 1. The normalized spacial score (nSPS) is 14.3. The average Bonchev–Trinajstić information content (AvgIpc) is 2.39. The van der Waals surface area contributed by atoms with Crippen LogP contribution in [0.1, 0.15) is 29.7 Å². The summed E-state index contributed by atoms with van der Waals surface area (Å²) in [6.45, 7) is 2.02. The highest BCUT2D eigenvalue weighted by Gasteiger charge is 2.17. The van der Waals surface area contributed by atoms with E-state index in [-0.39, 0.29) is 0 Å². The Kier molecular flexibility index (Phi) is 2.70. The summed E-state index contributed by atoms with van der Waals surface area (Å²) in [6, 6.07) is 3.93. The van der Waals surface area contributed by atoms with Crippen LogP contribution in [0.5, 0.6) is 0 Å². The first-order valence-corrected chi connectivity index (χ1v) is 6.33.